The molecule has 4 aliphatic rings. The van der Waals surface area contributed by atoms with E-state index in [1.54, 1.807) is 0 Å². The summed E-state index contributed by atoms with van der Waals surface area (Å²) in [6.07, 6.45) is 12.7. The van der Waals surface area contributed by atoms with Crippen LogP contribution in [0.4, 0.5) is 0 Å². The topological polar surface area (TPSA) is 60.7 Å². The van der Waals surface area contributed by atoms with Crippen LogP contribution in [0.25, 0.3) is 0 Å². The molecule has 0 saturated heterocycles. The second-order valence-corrected chi connectivity index (χ2v) is 12.5. The first-order valence-electron chi connectivity index (χ1n) is 12.2. The first-order chi connectivity index (χ1) is 13.4. The lowest BCUT2D eigenvalue weighted by molar-refractivity contribution is -0.110. The van der Waals surface area contributed by atoms with Crippen LogP contribution < -0.4 is 0 Å². The zero-order chi connectivity index (χ0) is 21.2. The maximum atomic E-state index is 11.5. The summed E-state index contributed by atoms with van der Waals surface area (Å²) >= 11 is 0. The van der Waals surface area contributed by atoms with Crippen LogP contribution in [0.5, 0.6) is 0 Å². The third kappa shape index (κ3) is 3.64. The van der Waals surface area contributed by atoms with Crippen LogP contribution in [0.1, 0.15) is 98.8 Å². The van der Waals surface area contributed by atoms with E-state index in [1.807, 2.05) is 20.8 Å². The van der Waals surface area contributed by atoms with Crippen molar-refractivity contribution in [3.05, 3.63) is 11.6 Å². The highest BCUT2D eigenvalue weighted by molar-refractivity contribution is 5.25. The van der Waals surface area contributed by atoms with Crippen LogP contribution >= 0.6 is 0 Å². The predicted octanol–water partition coefficient (Wildman–Crippen LogP) is 5.23. The SMILES string of the molecule is CC(C)(O)CCC(C)(O)[C@H]1CCC2C3CC=C4C[C@@H](O)CC[C@]4(C)C3CC[C@@]21C. The highest BCUT2D eigenvalue weighted by Gasteiger charge is 2.61. The van der Waals surface area contributed by atoms with E-state index >= 15 is 0 Å². The van der Waals surface area contributed by atoms with Crippen LogP contribution in [0.3, 0.4) is 0 Å². The number of hydrogen-bond acceptors (Lipinski definition) is 3. The van der Waals surface area contributed by atoms with Crippen molar-refractivity contribution < 1.29 is 15.3 Å². The average Bonchev–Trinajstić information content (AvgIpc) is 2.98. The number of rotatable bonds is 4. The van der Waals surface area contributed by atoms with Crippen LogP contribution in [0.15, 0.2) is 11.6 Å². The molecule has 4 aliphatic carbocycles. The standard InChI is InChI=1S/C26H44O3/c1-23(2,28)14-15-26(5,29)22-9-8-20-19-7-6-17-16-18(27)10-12-24(17,3)21(19)11-13-25(20,22)4/h6,18-22,27-29H,7-16H2,1-5H3/t18-,19?,20?,21?,22-,24-,25-,26?/m0/s1. The van der Waals surface area contributed by atoms with Gasteiger partial charge in [0.1, 0.15) is 0 Å². The van der Waals surface area contributed by atoms with Gasteiger partial charge >= 0.3 is 0 Å². The van der Waals surface area contributed by atoms with E-state index in [0.29, 0.717) is 24.7 Å². The highest BCUT2D eigenvalue weighted by Crippen LogP contribution is 2.67. The average molecular weight is 405 g/mol. The molecule has 0 aromatic heterocycles. The predicted molar refractivity (Wildman–Crippen MR) is 117 cm³/mol. The van der Waals surface area contributed by atoms with E-state index in [2.05, 4.69) is 19.9 Å². The maximum absolute atomic E-state index is 11.5. The van der Waals surface area contributed by atoms with Crippen molar-refractivity contribution in [2.24, 2.45) is 34.5 Å². The van der Waals surface area contributed by atoms with Gasteiger partial charge in [-0.3, -0.25) is 0 Å². The molecule has 3 N–H and O–H groups in total. The van der Waals surface area contributed by atoms with E-state index in [4.69, 9.17) is 0 Å². The van der Waals surface area contributed by atoms with Crippen molar-refractivity contribution in [1.29, 1.82) is 0 Å². The smallest absolute Gasteiger partial charge is 0.0654 e. The summed E-state index contributed by atoms with van der Waals surface area (Å²) in [5.41, 5.74) is 0.606. The van der Waals surface area contributed by atoms with Gasteiger partial charge in [0.15, 0.2) is 0 Å². The Balaban J connectivity index is 1.56. The molecular weight excluding hydrogens is 360 g/mol. The lowest BCUT2D eigenvalue weighted by Gasteiger charge is -2.59. The largest absolute Gasteiger partial charge is 0.393 e. The van der Waals surface area contributed by atoms with Gasteiger partial charge in [-0.1, -0.05) is 25.5 Å². The number of hydrogen-bond donors (Lipinski definition) is 3. The molecule has 3 fully saturated rings. The zero-order valence-electron chi connectivity index (χ0n) is 19.4. The summed E-state index contributed by atoms with van der Waals surface area (Å²) in [4.78, 5) is 0. The molecule has 0 aromatic carbocycles. The summed E-state index contributed by atoms with van der Waals surface area (Å²) in [5.74, 6) is 2.50. The fourth-order valence-corrected chi connectivity index (χ4v) is 8.40. The molecule has 4 unspecified atom stereocenters. The van der Waals surface area contributed by atoms with E-state index in [1.165, 1.54) is 31.3 Å². The normalized spacial score (nSPS) is 46.9. The molecule has 0 radical (unpaired) electrons. The molecular formula is C26H44O3. The van der Waals surface area contributed by atoms with Gasteiger partial charge < -0.3 is 15.3 Å². The lowest BCUT2D eigenvalue weighted by atomic mass is 9.46. The highest BCUT2D eigenvalue weighted by atomic mass is 16.3. The summed E-state index contributed by atoms with van der Waals surface area (Å²) in [7, 11) is 0. The van der Waals surface area contributed by atoms with Crippen LogP contribution in [-0.4, -0.2) is 32.6 Å². The Morgan fingerprint density at radius 2 is 1.69 bits per heavy atom. The molecule has 29 heavy (non-hydrogen) atoms. The van der Waals surface area contributed by atoms with Crippen molar-refractivity contribution in [2.45, 2.75) is 116 Å². The third-order valence-corrected chi connectivity index (χ3v) is 10.1. The quantitative estimate of drug-likeness (QED) is 0.562. The van der Waals surface area contributed by atoms with Gasteiger partial charge in [0.25, 0.3) is 0 Å². The molecule has 166 valence electrons. The minimum atomic E-state index is -0.717. The van der Waals surface area contributed by atoms with Gasteiger partial charge in [-0.15, -0.1) is 0 Å². The van der Waals surface area contributed by atoms with Crippen molar-refractivity contribution in [1.82, 2.24) is 0 Å². The maximum Gasteiger partial charge on any atom is 0.0654 e. The van der Waals surface area contributed by atoms with Crippen molar-refractivity contribution >= 4 is 0 Å². The molecule has 3 saturated carbocycles. The van der Waals surface area contributed by atoms with E-state index in [-0.39, 0.29) is 16.9 Å². The minimum absolute atomic E-state index is 0.138. The molecule has 0 aliphatic heterocycles. The van der Waals surface area contributed by atoms with Gasteiger partial charge in [-0.05, 0) is 119 Å². The molecule has 0 amide bonds. The van der Waals surface area contributed by atoms with Crippen LogP contribution in [0, 0.1) is 34.5 Å². The summed E-state index contributed by atoms with van der Waals surface area (Å²) in [6.45, 7) is 10.7. The number of aliphatic hydroxyl groups excluding tert-OH is 1. The molecule has 3 nitrogen and oxygen atoms in total. The molecule has 0 spiro atoms. The summed E-state index contributed by atoms with van der Waals surface area (Å²) in [6, 6.07) is 0. The van der Waals surface area contributed by atoms with Crippen molar-refractivity contribution in [3.8, 4) is 0 Å². The second kappa shape index (κ2) is 7.07. The van der Waals surface area contributed by atoms with Gasteiger partial charge in [0, 0.05) is 0 Å². The molecule has 8 atom stereocenters. The van der Waals surface area contributed by atoms with Crippen molar-refractivity contribution in [2.75, 3.05) is 0 Å². The first-order valence-corrected chi connectivity index (χ1v) is 12.2. The fraction of sp³-hybridized carbons (Fsp3) is 0.923. The minimum Gasteiger partial charge on any atom is -0.393 e. The summed E-state index contributed by atoms with van der Waals surface area (Å²) < 4.78 is 0. The third-order valence-electron chi connectivity index (χ3n) is 10.1. The van der Waals surface area contributed by atoms with Gasteiger partial charge in [-0.25, -0.2) is 0 Å². The van der Waals surface area contributed by atoms with E-state index in [9.17, 15) is 15.3 Å². The Morgan fingerprint density at radius 1 is 0.966 bits per heavy atom. The zero-order valence-corrected chi connectivity index (χ0v) is 19.4. The van der Waals surface area contributed by atoms with Crippen molar-refractivity contribution in [3.63, 3.8) is 0 Å². The molecule has 4 rings (SSSR count). The second-order valence-electron chi connectivity index (χ2n) is 12.5. The Hall–Kier alpha value is -0.380. The fourth-order valence-electron chi connectivity index (χ4n) is 8.40. The van der Waals surface area contributed by atoms with Gasteiger partial charge in [0.2, 0.25) is 0 Å². The number of allylic oxidation sites excluding steroid dienone is 1. The van der Waals surface area contributed by atoms with Gasteiger partial charge in [-0.2, -0.15) is 0 Å². The van der Waals surface area contributed by atoms with E-state index in [0.717, 1.165) is 37.5 Å². The molecule has 0 bridgehead atoms. The number of fused-ring (bicyclic) bond motifs is 5. The van der Waals surface area contributed by atoms with E-state index < -0.39 is 11.2 Å². The first kappa shape index (κ1) is 21.8. The van der Waals surface area contributed by atoms with Crippen LogP contribution in [-0.2, 0) is 0 Å². The number of aliphatic hydroxyl groups is 3. The monoisotopic (exact) mass is 404 g/mol. The van der Waals surface area contributed by atoms with Gasteiger partial charge in [0.05, 0.1) is 17.3 Å². The lowest BCUT2D eigenvalue weighted by Crippen LogP contribution is -2.53. The molecule has 0 aromatic rings. The summed E-state index contributed by atoms with van der Waals surface area (Å²) in [5, 5.41) is 31.9. The Morgan fingerprint density at radius 3 is 2.38 bits per heavy atom. The molecule has 3 heteroatoms. The molecule has 0 heterocycles. The van der Waals surface area contributed by atoms with Crippen LogP contribution in [0.2, 0.25) is 0 Å². The Kier molecular flexibility index (Phi) is 5.32. The Labute approximate surface area is 178 Å². The Bertz CT molecular complexity index is 659.